The molecule has 0 saturated heterocycles. The molecule has 0 amide bonds. The van der Waals surface area contributed by atoms with Crippen molar-refractivity contribution in [3.63, 3.8) is 0 Å². The number of benzene rings is 1. The quantitative estimate of drug-likeness (QED) is 0.907. The first kappa shape index (κ1) is 11.9. The van der Waals surface area contributed by atoms with Crippen molar-refractivity contribution < 1.29 is 0 Å². The maximum Gasteiger partial charge on any atom is 0.120 e. The summed E-state index contributed by atoms with van der Waals surface area (Å²) in [4.78, 5) is 8.05. The van der Waals surface area contributed by atoms with Crippen LogP contribution in [0.25, 0.3) is 11.3 Å². The van der Waals surface area contributed by atoms with Gasteiger partial charge in [0, 0.05) is 5.54 Å². The van der Waals surface area contributed by atoms with Gasteiger partial charge in [-0.15, -0.1) is 0 Å². The summed E-state index contributed by atoms with van der Waals surface area (Å²) < 4.78 is 0. The first-order valence-corrected chi connectivity index (χ1v) is 8.66. The maximum absolute atomic E-state index is 4.58. The number of aromatic amines is 1. The zero-order valence-electron chi connectivity index (χ0n) is 12.7. The molecular formula is C19H21N3. The van der Waals surface area contributed by atoms with Crippen LogP contribution < -0.4 is 5.32 Å². The van der Waals surface area contributed by atoms with Gasteiger partial charge in [0.2, 0.25) is 0 Å². The van der Waals surface area contributed by atoms with Crippen molar-refractivity contribution in [2.45, 2.75) is 37.8 Å². The predicted molar refractivity (Wildman–Crippen MR) is 85.0 cm³/mol. The zero-order chi connectivity index (χ0) is 14.4. The number of nitrogens with one attached hydrogen (secondary N) is 2. The molecule has 3 heteroatoms. The van der Waals surface area contributed by atoms with Gasteiger partial charge in [0.05, 0.1) is 18.4 Å². The van der Waals surface area contributed by atoms with E-state index in [0.29, 0.717) is 5.54 Å². The first-order valence-electron chi connectivity index (χ1n) is 8.66. The SMILES string of the molecule is c1ccc(-c2cnc(CNC34CC5CC6CC(C3)C654)[nH]2)cc1. The molecule has 0 aliphatic heterocycles. The Bertz CT molecular complexity index is 722. The van der Waals surface area contributed by atoms with Crippen LogP contribution in [0.5, 0.6) is 0 Å². The van der Waals surface area contributed by atoms with E-state index in [0.717, 1.165) is 41.2 Å². The fourth-order valence-corrected chi connectivity index (χ4v) is 6.70. The Morgan fingerprint density at radius 2 is 1.86 bits per heavy atom. The predicted octanol–water partition coefficient (Wildman–Crippen LogP) is 3.35. The van der Waals surface area contributed by atoms with Crippen molar-refractivity contribution in [2.75, 3.05) is 0 Å². The van der Waals surface area contributed by atoms with Crippen molar-refractivity contribution in [1.29, 1.82) is 0 Å². The highest BCUT2D eigenvalue weighted by Gasteiger charge is 2.87. The third-order valence-corrected chi connectivity index (χ3v) is 7.49. The van der Waals surface area contributed by atoms with Crippen LogP contribution in [0.2, 0.25) is 0 Å². The Morgan fingerprint density at radius 1 is 1.09 bits per heavy atom. The van der Waals surface area contributed by atoms with Gasteiger partial charge in [-0.3, -0.25) is 0 Å². The summed E-state index contributed by atoms with van der Waals surface area (Å²) in [6, 6.07) is 10.4. The third kappa shape index (κ3) is 1.12. The average molecular weight is 291 g/mol. The van der Waals surface area contributed by atoms with Crippen LogP contribution in [0.4, 0.5) is 0 Å². The van der Waals surface area contributed by atoms with Gasteiger partial charge in [0.1, 0.15) is 5.82 Å². The van der Waals surface area contributed by atoms with E-state index < -0.39 is 0 Å². The molecular weight excluding hydrogens is 270 g/mol. The van der Waals surface area contributed by atoms with Gasteiger partial charge < -0.3 is 10.3 Å². The van der Waals surface area contributed by atoms with Gasteiger partial charge in [-0.25, -0.2) is 4.98 Å². The van der Waals surface area contributed by atoms with E-state index >= 15 is 0 Å². The Hall–Kier alpha value is -1.61. The first-order chi connectivity index (χ1) is 10.8. The second kappa shape index (κ2) is 3.65. The molecule has 2 aromatic rings. The highest BCUT2D eigenvalue weighted by Crippen LogP contribution is 2.89. The lowest BCUT2D eigenvalue weighted by molar-refractivity contribution is -0.397. The van der Waals surface area contributed by atoms with Crippen LogP contribution in [0, 0.1) is 23.2 Å². The highest BCUT2D eigenvalue weighted by molar-refractivity contribution is 5.58. The summed E-state index contributed by atoms with van der Waals surface area (Å²) in [6.45, 7) is 0.890. The lowest BCUT2D eigenvalue weighted by Crippen LogP contribution is -2.92. The minimum Gasteiger partial charge on any atom is -0.341 e. The van der Waals surface area contributed by atoms with Crippen molar-refractivity contribution in [3.05, 3.63) is 42.4 Å². The molecule has 4 fully saturated rings. The van der Waals surface area contributed by atoms with E-state index in [1.54, 1.807) is 0 Å². The number of H-pyrrole nitrogens is 1. The van der Waals surface area contributed by atoms with Gasteiger partial charge >= 0.3 is 0 Å². The van der Waals surface area contributed by atoms with E-state index in [9.17, 15) is 0 Å². The molecule has 4 aliphatic rings. The molecule has 3 nitrogen and oxygen atoms in total. The molecule has 6 rings (SSSR count). The summed E-state index contributed by atoms with van der Waals surface area (Å²) >= 11 is 0. The van der Waals surface area contributed by atoms with Crippen LogP contribution in [0.3, 0.4) is 0 Å². The molecule has 22 heavy (non-hydrogen) atoms. The number of imidazole rings is 1. The van der Waals surface area contributed by atoms with Crippen LogP contribution >= 0.6 is 0 Å². The Labute approximate surface area is 130 Å². The summed E-state index contributed by atoms with van der Waals surface area (Å²) in [7, 11) is 0. The molecule has 0 bridgehead atoms. The Balaban J connectivity index is 1.19. The molecule has 1 spiro atoms. The molecule has 1 aromatic carbocycles. The van der Waals surface area contributed by atoms with Crippen molar-refractivity contribution >= 4 is 0 Å². The van der Waals surface area contributed by atoms with E-state index in [1.165, 1.54) is 31.2 Å². The molecule has 2 atom stereocenters. The normalized spacial score (nSPS) is 43.0. The standard InChI is InChI=1S/C19H21N3/c1-2-4-12(5-3-1)16-10-20-17(22-16)11-21-18-8-14-6-13-7-15(9-18)19(13,14)18/h1-5,10,13-15,21H,6-9,11H2,(H,20,22). The van der Waals surface area contributed by atoms with E-state index in [1.807, 2.05) is 6.20 Å². The van der Waals surface area contributed by atoms with Crippen molar-refractivity contribution in [1.82, 2.24) is 15.3 Å². The molecule has 2 unspecified atom stereocenters. The zero-order valence-corrected chi connectivity index (χ0v) is 12.7. The smallest absolute Gasteiger partial charge is 0.120 e. The lowest BCUT2D eigenvalue weighted by atomic mass is 9.15. The number of aromatic nitrogens is 2. The van der Waals surface area contributed by atoms with E-state index in [4.69, 9.17) is 0 Å². The monoisotopic (exact) mass is 291 g/mol. The van der Waals surface area contributed by atoms with E-state index in [-0.39, 0.29) is 0 Å². The highest BCUT2D eigenvalue weighted by atomic mass is 15.1. The fraction of sp³-hybridized carbons (Fsp3) is 0.526. The fourth-order valence-electron chi connectivity index (χ4n) is 6.70. The van der Waals surface area contributed by atoms with Gasteiger partial charge in [0.15, 0.2) is 0 Å². The minimum absolute atomic E-state index is 0.489. The Kier molecular flexibility index (Phi) is 1.97. The minimum atomic E-state index is 0.489. The third-order valence-electron chi connectivity index (χ3n) is 7.49. The summed E-state index contributed by atoms with van der Waals surface area (Å²) in [6.07, 6.45) is 7.86. The van der Waals surface area contributed by atoms with Crippen LogP contribution in [-0.2, 0) is 6.54 Å². The number of hydrogen-bond donors (Lipinski definition) is 2. The molecule has 2 N–H and O–H groups in total. The lowest BCUT2D eigenvalue weighted by Gasteiger charge is -2.91. The molecule has 1 aromatic heterocycles. The second-order valence-electron chi connectivity index (χ2n) is 7.95. The molecule has 4 aliphatic carbocycles. The number of hydrogen-bond acceptors (Lipinski definition) is 2. The van der Waals surface area contributed by atoms with Crippen LogP contribution in [-0.4, -0.2) is 15.5 Å². The molecule has 112 valence electrons. The average Bonchev–Trinajstić information content (AvgIpc) is 2.94. The second-order valence-corrected chi connectivity index (χ2v) is 7.95. The molecule has 0 radical (unpaired) electrons. The van der Waals surface area contributed by atoms with Crippen LogP contribution in [0.15, 0.2) is 36.5 Å². The number of nitrogens with zero attached hydrogens (tertiary/aromatic N) is 1. The Morgan fingerprint density at radius 3 is 2.55 bits per heavy atom. The van der Waals surface area contributed by atoms with E-state index in [2.05, 4.69) is 45.6 Å². The summed E-state index contributed by atoms with van der Waals surface area (Å²) in [5.74, 6) is 4.27. The largest absolute Gasteiger partial charge is 0.341 e. The van der Waals surface area contributed by atoms with Crippen molar-refractivity contribution in [3.8, 4) is 11.3 Å². The van der Waals surface area contributed by atoms with Gasteiger partial charge in [-0.2, -0.15) is 0 Å². The van der Waals surface area contributed by atoms with Gasteiger partial charge in [-0.05, 0) is 54.4 Å². The van der Waals surface area contributed by atoms with Crippen LogP contribution in [0.1, 0.15) is 31.5 Å². The van der Waals surface area contributed by atoms with Gasteiger partial charge in [-0.1, -0.05) is 30.3 Å². The maximum atomic E-state index is 4.58. The van der Waals surface area contributed by atoms with Crippen molar-refractivity contribution in [2.24, 2.45) is 23.2 Å². The van der Waals surface area contributed by atoms with Gasteiger partial charge in [0.25, 0.3) is 0 Å². The number of rotatable bonds is 4. The summed E-state index contributed by atoms with van der Waals surface area (Å²) in [5.41, 5.74) is 3.57. The molecule has 4 saturated carbocycles. The topological polar surface area (TPSA) is 40.7 Å². The molecule has 1 heterocycles. The summed E-state index contributed by atoms with van der Waals surface area (Å²) in [5, 5.41) is 3.90.